The van der Waals surface area contributed by atoms with E-state index >= 15 is 0 Å². The van der Waals surface area contributed by atoms with Crippen molar-refractivity contribution < 1.29 is 14.5 Å². The fraction of sp³-hybridized carbons (Fsp3) is 0.364. The molecule has 19 heavy (non-hydrogen) atoms. The number of benzene rings is 1. The molecule has 0 bridgehead atoms. The van der Waals surface area contributed by atoms with Crippen LogP contribution in [-0.2, 0) is 4.74 Å². The Balaban J connectivity index is 2.51. The molecule has 6 nitrogen and oxygen atoms in total. The zero-order valence-corrected chi connectivity index (χ0v) is 11.3. The minimum Gasteiger partial charge on any atom is -0.378 e. The summed E-state index contributed by atoms with van der Waals surface area (Å²) in [6, 6.07) is 2.49. The summed E-state index contributed by atoms with van der Waals surface area (Å²) in [5.41, 5.74) is 0.0883. The molecule has 1 saturated heterocycles. The van der Waals surface area contributed by atoms with Crippen LogP contribution in [0.5, 0.6) is 0 Å². The molecule has 0 N–H and O–H groups in total. The first-order chi connectivity index (χ1) is 9.00. The van der Waals surface area contributed by atoms with Crippen LogP contribution in [0.15, 0.2) is 12.1 Å². The zero-order valence-electron chi connectivity index (χ0n) is 9.77. The molecule has 0 radical (unpaired) electrons. The van der Waals surface area contributed by atoms with Gasteiger partial charge in [0.2, 0.25) is 0 Å². The van der Waals surface area contributed by atoms with Gasteiger partial charge in [0.15, 0.2) is 0 Å². The Morgan fingerprint density at radius 2 is 2.00 bits per heavy atom. The highest BCUT2D eigenvalue weighted by atomic mass is 35.5. The molecule has 1 aliphatic heterocycles. The molecule has 0 atom stereocenters. The summed E-state index contributed by atoms with van der Waals surface area (Å²) in [7, 11) is 0. The van der Waals surface area contributed by atoms with Crippen LogP contribution in [0.3, 0.4) is 0 Å². The van der Waals surface area contributed by atoms with Crippen molar-refractivity contribution in [2.45, 2.75) is 0 Å². The standard InChI is InChI=1S/C11H10Cl2N2O4/c12-8-5-7(11(13)16)6-9(15(17)18)10(8)14-1-3-19-4-2-14/h5-6H,1-4H2. The van der Waals surface area contributed by atoms with Gasteiger partial charge < -0.3 is 9.64 Å². The highest BCUT2D eigenvalue weighted by Gasteiger charge is 2.26. The third-order valence-electron chi connectivity index (χ3n) is 2.79. The number of rotatable bonds is 3. The Labute approximate surface area is 119 Å². The van der Waals surface area contributed by atoms with Crippen molar-refractivity contribution in [1.82, 2.24) is 0 Å². The van der Waals surface area contributed by atoms with Crippen molar-refractivity contribution in [1.29, 1.82) is 0 Å². The van der Waals surface area contributed by atoms with Crippen LogP contribution < -0.4 is 4.90 Å². The Morgan fingerprint density at radius 3 is 2.53 bits per heavy atom. The summed E-state index contributed by atoms with van der Waals surface area (Å²) in [6.45, 7) is 1.97. The molecule has 1 aromatic carbocycles. The molecular weight excluding hydrogens is 295 g/mol. The molecule has 102 valence electrons. The maximum atomic E-state index is 11.1. The summed E-state index contributed by atoms with van der Waals surface area (Å²) in [5.74, 6) is 0. The van der Waals surface area contributed by atoms with E-state index in [-0.39, 0.29) is 16.3 Å². The van der Waals surface area contributed by atoms with Crippen LogP contribution in [0, 0.1) is 10.1 Å². The molecule has 8 heteroatoms. The highest BCUT2D eigenvalue weighted by molar-refractivity contribution is 6.67. The van der Waals surface area contributed by atoms with Crippen LogP contribution in [-0.4, -0.2) is 36.5 Å². The fourth-order valence-corrected chi connectivity index (χ4v) is 2.38. The molecule has 1 aromatic rings. The van der Waals surface area contributed by atoms with Gasteiger partial charge in [-0.3, -0.25) is 14.9 Å². The second-order valence-corrected chi connectivity index (χ2v) is 4.71. The Kier molecular flexibility index (Phi) is 4.24. The van der Waals surface area contributed by atoms with E-state index in [0.29, 0.717) is 32.0 Å². The predicted octanol–water partition coefficient (Wildman–Crippen LogP) is 2.46. The van der Waals surface area contributed by atoms with Crippen LogP contribution in [0.1, 0.15) is 10.4 Å². The Bertz CT molecular complexity index is 530. The minimum atomic E-state index is -0.779. The lowest BCUT2D eigenvalue weighted by atomic mass is 10.1. The number of morpholine rings is 1. The van der Waals surface area contributed by atoms with E-state index in [1.807, 2.05) is 0 Å². The normalized spacial score (nSPS) is 15.4. The first kappa shape index (κ1) is 14.0. The summed E-state index contributed by atoms with van der Waals surface area (Å²) < 4.78 is 5.19. The van der Waals surface area contributed by atoms with E-state index < -0.39 is 10.2 Å². The molecule has 1 fully saturated rings. The molecule has 1 aliphatic rings. The number of hydrogen-bond acceptors (Lipinski definition) is 5. The SMILES string of the molecule is O=C(Cl)c1cc(Cl)c(N2CCOCC2)c([N+](=O)[O-])c1. The van der Waals surface area contributed by atoms with Crippen molar-refractivity contribution in [3.05, 3.63) is 32.8 Å². The first-order valence-corrected chi connectivity index (χ1v) is 6.26. The number of ether oxygens (including phenoxy) is 1. The van der Waals surface area contributed by atoms with Crippen molar-refractivity contribution in [3.63, 3.8) is 0 Å². The smallest absolute Gasteiger partial charge is 0.294 e. The zero-order chi connectivity index (χ0) is 14.0. The quantitative estimate of drug-likeness (QED) is 0.487. The van der Waals surface area contributed by atoms with Crippen molar-refractivity contribution in [2.24, 2.45) is 0 Å². The lowest BCUT2D eigenvalue weighted by Gasteiger charge is -2.29. The Hall–Kier alpha value is -1.37. The van der Waals surface area contributed by atoms with E-state index in [0.717, 1.165) is 6.07 Å². The van der Waals surface area contributed by atoms with Gasteiger partial charge in [0.25, 0.3) is 10.9 Å². The van der Waals surface area contributed by atoms with E-state index in [9.17, 15) is 14.9 Å². The summed E-state index contributed by atoms with van der Waals surface area (Å²) in [5, 5.41) is 10.5. The molecule has 0 unspecified atom stereocenters. The van der Waals surface area contributed by atoms with Crippen molar-refractivity contribution in [2.75, 3.05) is 31.2 Å². The number of anilines is 1. The van der Waals surface area contributed by atoms with Gasteiger partial charge in [0.1, 0.15) is 5.69 Å². The Morgan fingerprint density at radius 1 is 1.37 bits per heavy atom. The highest BCUT2D eigenvalue weighted by Crippen LogP contribution is 2.37. The van der Waals surface area contributed by atoms with Gasteiger partial charge in [-0.2, -0.15) is 0 Å². The minimum absolute atomic E-state index is 0.00961. The number of nitro benzene ring substituents is 1. The summed E-state index contributed by atoms with van der Waals surface area (Å²) in [6.07, 6.45) is 0. The maximum absolute atomic E-state index is 11.1. The van der Waals surface area contributed by atoms with Crippen molar-refractivity contribution >= 4 is 39.8 Å². The molecule has 0 aromatic heterocycles. The van der Waals surface area contributed by atoms with Gasteiger partial charge in [-0.25, -0.2) is 0 Å². The average molecular weight is 305 g/mol. The van der Waals surface area contributed by atoms with E-state index in [1.54, 1.807) is 4.90 Å². The number of halogens is 2. The second kappa shape index (κ2) is 5.73. The molecule has 0 aliphatic carbocycles. The van der Waals surface area contributed by atoms with E-state index in [1.165, 1.54) is 6.07 Å². The topological polar surface area (TPSA) is 72.7 Å². The first-order valence-electron chi connectivity index (χ1n) is 5.51. The van der Waals surface area contributed by atoms with Crippen LogP contribution in [0.25, 0.3) is 0 Å². The largest absolute Gasteiger partial charge is 0.378 e. The molecule has 0 saturated carbocycles. The van der Waals surface area contributed by atoms with Crippen LogP contribution >= 0.6 is 23.2 Å². The third kappa shape index (κ3) is 2.97. The monoisotopic (exact) mass is 304 g/mol. The van der Waals surface area contributed by atoms with Gasteiger partial charge in [-0.05, 0) is 17.7 Å². The summed E-state index contributed by atoms with van der Waals surface area (Å²) >= 11 is 11.4. The van der Waals surface area contributed by atoms with Crippen LogP contribution in [0.2, 0.25) is 5.02 Å². The number of nitrogens with zero attached hydrogens (tertiary/aromatic N) is 2. The van der Waals surface area contributed by atoms with E-state index in [2.05, 4.69) is 0 Å². The number of hydrogen-bond donors (Lipinski definition) is 0. The third-order valence-corrected chi connectivity index (χ3v) is 3.30. The van der Waals surface area contributed by atoms with Gasteiger partial charge in [0, 0.05) is 24.7 Å². The maximum Gasteiger partial charge on any atom is 0.294 e. The van der Waals surface area contributed by atoms with Gasteiger partial charge in [-0.1, -0.05) is 11.6 Å². The number of carbonyl (C=O) groups is 1. The lowest BCUT2D eigenvalue weighted by molar-refractivity contribution is -0.384. The van der Waals surface area contributed by atoms with Gasteiger partial charge in [-0.15, -0.1) is 0 Å². The molecular formula is C11H10Cl2N2O4. The average Bonchev–Trinajstić information content (AvgIpc) is 2.38. The molecule has 2 rings (SSSR count). The molecule has 1 heterocycles. The molecule has 0 spiro atoms. The number of carbonyl (C=O) groups excluding carboxylic acids is 1. The van der Waals surface area contributed by atoms with Crippen molar-refractivity contribution in [3.8, 4) is 0 Å². The lowest BCUT2D eigenvalue weighted by Crippen LogP contribution is -2.36. The second-order valence-electron chi connectivity index (χ2n) is 3.96. The molecule has 0 amide bonds. The van der Waals surface area contributed by atoms with Gasteiger partial charge >= 0.3 is 0 Å². The predicted molar refractivity (Wildman–Crippen MR) is 71.3 cm³/mol. The number of nitro groups is 1. The fourth-order valence-electron chi connectivity index (χ4n) is 1.94. The van der Waals surface area contributed by atoms with E-state index in [4.69, 9.17) is 27.9 Å². The van der Waals surface area contributed by atoms with Gasteiger partial charge in [0.05, 0.1) is 23.2 Å². The summed E-state index contributed by atoms with van der Waals surface area (Å²) in [4.78, 5) is 23.4. The van der Waals surface area contributed by atoms with Crippen LogP contribution in [0.4, 0.5) is 11.4 Å².